The van der Waals surface area contributed by atoms with Crippen LogP contribution in [0.5, 0.6) is 0 Å². The summed E-state index contributed by atoms with van der Waals surface area (Å²) >= 11 is 12.6. The molecule has 0 aromatic heterocycles. The second kappa shape index (κ2) is 5.08. The zero-order valence-electron chi connectivity index (χ0n) is 11.6. The lowest BCUT2D eigenvalue weighted by Crippen LogP contribution is -1.99. The van der Waals surface area contributed by atoms with Crippen LogP contribution < -0.4 is 0 Å². The zero-order valence-corrected chi connectivity index (χ0v) is 13.1. The Kier molecular flexibility index (Phi) is 3.15. The topological polar surface area (TPSA) is 43.4 Å². The molecule has 0 bridgehead atoms. The Morgan fingerprint density at radius 1 is 0.696 bits per heavy atom. The summed E-state index contributed by atoms with van der Waals surface area (Å²) in [7, 11) is 0. The smallest absolute Gasteiger partial charge is 0.347 e. The van der Waals surface area contributed by atoms with E-state index in [0.717, 1.165) is 5.39 Å². The van der Waals surface area contributed by atoms with Crippen LogP contribution in [0.15, 0.2) is 48.5 Å². The van der Waals surface area contributed by atoms with Crippen LogP contribution in [0.2, 0.25) is 10.0 Å². The molecule has 0 amide bonds. The van der Waals surface area contributed by atoms with E-state index < -0.39 is 11.9 Å². The largest absolute Gasteiger partial charge is 0.386 e. The Morgan fingerprint density at radius 3 is 2.22 bits per heavy atom. The van der Waals surface area contributed by atoms with Gasteiger partial charge in [0, 0.05) is 26.6 Å². The van der Waals surface area contributed by atoms with E-state index in [0.29, 0.717) is 26.6 Å². The lowest BCUT2D eigenvalue weighted by atomic mass is 9.90. The summed E-state index contributed by atoms with van der Waals surface area (Å²) < 4.78 is 4.78. The van der Waals surface area contributed by atoms with Crippen molar-refractivity contribution in [3.05, 3.63) is 69.7 Å². The number of rotatable bonds is 1. The Balaban J connectivity index is 2.24. The summed E-state index contributed by atoms with van der Waals surface area (Å²) in [5.41, 5.74) is 1.68. The number of hydrogen-bond donors (Lipinski definition) is 0. The highest BCUT2D eigenvalue weighted by molar-refractivity contribution is 6.38. The Morgan fingerprint density at radius 2 is 1.43 bits per heavy atom. The van der Waals surface area contributed by atoms with Gasteiger partial charge in [0.1, 0.15) is 0 Å². The van der Waals surface area contributed by atoms with Crippen LogP contribution in [-0.4, -0.2) is 11.9 Å². The number of ether oxygens (including phenoxy) is 1. The van der Waals surface area contributed by atoms with Crippen molar-refractivity contribution < 1.29 is 14.3 Å². The fourth-order valence-electron chi connectivity index (χ4n) is 2.89. The van der Waals surface area contributed by atoms with Crippen molar-refractivity contribution in [1.82, 2.24) is 0 Å². The molecule has 3 nitrogen and oxygen atoms in total. The quantitative estimate of drug-likeness (QED) is 0.455. The summed E-state index contributed by atoms with van der Waals surface area (Å²) in [6, 6.07) is 14.1. The number of hydrogen-bond acceptors (Lipinski definition) is 3. The molecule has 3 aromatic rings. The summed E-state index contributed by atoms with van der Waals surface area (Å²) in [4.78, 5) is 24.2. The molecule has 0 spiro atoms. The van der Waals surface area contributed by atoms with Gasteiger partial charge in [-0.2, -0.15) is 0 Å². The van der Waals surface area contributed by atoms with Gasteiger partial charge in [0.25, 0.3) is 0 Å². The predicted octanol–water partition coefficient (Wildman–Crippen LogP) is 5.12. The van der Waals surface area contributed by atoms with Crippen molar-refractivity contribution in [3.63, 3.8) is 0 Å². The van der Waals surface area contributed by atoms with E-state index in [9.17, 15) is 9.59 Å². The fourth-order valence-corrected chi connectivity index (χ4v) is 3.35. The molecule has 4 rings (SSSR count). The third-order valence-corrected chi connectivity index (χ3v) is 4.54. The van der Waals surface area contributed by atoms with Gasteiger partial charge in [-0.05, 0) is 23.6 Å². The molecule has 1 aliphatic rings. The first-order valence-electron chi connectivity index (χ1n) is 6.84. The molecule has 23 heavy (non-hydrogen) atoms. The van der Waals surface area contributed by atoms with Gasteiger partial charge >= 0.3 is 11.9 Å². The van der Waals surface area contributed by atoms with Crippen LogP contribution in [-0.2, 0) is 4.74 Å². The average Bonchev–Trinajstić information content (AvgIpc) is 2.81. The van der Waals surface area contributed by atoms with Gasteiger partial charge in [-0.3, -0.25) is 0 Å². The maximum absolute atomic E-state index is 12.2. The number of benzene rings is 3. The molecule has 112 valence electrons. The highest BCUT2D eigenvalue weighted by atomic mass is 35.5. The third kappa shape index (κ3) is 2.05. The molecule has 1 heterocycles. The van der Waals surface area contributed by atoms with Crippen molar-refractivity contribution in [2.24, 2.45) is 0 Å². The SMILES string of the molecule is O=C1OC(=O)c2c1cc1c(Cl)cccc1c2-c1ccccc1Cl. The van der Waals surface area contributed by atoms with Gasteiger partial charge in [-0.25, -0.2) is 9.59 Å². The minimum absolute atomic E-state index is 0.213. The van der Waals surface area contributed by atoms with Gasteiger partial charge < -0.3 is 4.74 Å². The van der Waals surface area contributed by atoms with Crippen LogP contribution >= 0.6 is 23.2 Å². The predicted molar refractivity (Wildman–Crippen MR) is 89.1 cm³/mol. The molecule has 0 atom stereocenters. The van der Waals surface area contributed by atoms with Crippen LogP contribution in [0.1, 0.15) is 20.7 Å². The molecular formula is C18H8Cl2O3. The normalized spacial score (nSPS) is 13.3. The first kappa shape index (κ1) is 14.2. The summed E-state index contributed by atoms with van der Waals surface area (Å²) in [5, 5.41) is 2.39. The maximum Gasteiger partial charge on any atom is 0.347 e. The molecule has 0 saturated carbocycles. The molecule has 0 unspecified atom stereocenters. The number of carbonyl (C=O) groups excluding carboxylic acids is 2. The molecule has 5 heteroatoms. The van der Waals surface area contributed by atoms with Crippen molar-refractivity contribution >= 4 is 45.9 Å². The molecule has 0 aliphatic carbocycles. The molecule has 0 saturated heterocycles. The third-order valence-electron chi connectivity index (χ3n) is 3.88. The monoisotopic (exact) mass is 342 g/mol. The highest BCUT2D eigenvalue weighted by Gasteiger charge is 2.34. The van der Waals surface area contributed by atoms with Crippen molar-refractivity contribution in [1.29, 1.82) is 0 Å². The molecule has 0 radical (unpaired) electrons. The van der Waals surface area contributed by atoms with E-state index in [1.165, 1.54) is 0 Å². The van der Waals surface area contributed by atoms with Crippen LogP contribution in [0.25, 0.3) is 21.9 Å². The van der Waals surface area contributed by atoms with Gasteiger partial charge in [0.2, 0.25) is 0 Å². The molecular weight excluding hydrogens is 335 g/mol. The molecule has 0 fully saturated rings. The lowest BCUT2D eigenvalue weighted by Gasteiger charge is -2.12. The van der Waals surface area contributed by atoms with Crippen molar-refractivity contribution in [2.75, 3.05) is 0 Å². The second-order valence-electron chi connectivity index (χ2n) is 5.17. The first-order chi connectivity index (χ1) is 11.1. The fraction of sp³-hybridized carbons (Fsp3) is 0. The minimum atomic E-state index is -0.667. The minimum Gasteiger partial charge on any atom is -0.386 e. The standard InChI is InChI=1S/C18H8Cl2O3/c19-13-6-2-1-4-10(13)15-9-5-3-7-14(20)11(9)8-12-16(15)18(22)23-17(12)21/h1-8H. The number of halogens is 2. The Hall–Kier alpha value is -2.36. The van der Waals surface area contributed by atoms with E-state index in [-0.39, 0.29) is 11.1 Å². The highest BCUT2D eigenvalue weighted by Crippen LogP contribution is 2.42. The van der Waals surface area contributed by atoms with E-state index in [1.807, 2.05) is 12.1 Å². The lowest BCUT2D eigenvalue weighted by molar-refractivity contribution is 0.0444. The van der Waals surface area contributed by atoms with Gasteiger partial charge in [-0.1, -0.05) is 53.5 Å². The number of fused-ring (bicyclic) bond motifs is 2. The summed E-state index contributed by atoms with van der Waals surface area (Å²) in [5.74, 6) is -1.33. The van der Waals surface area contributed by atoms with Gasteiger partial charge in [0.05, 0.1) is 11.1 Å². The number of cyclic esters (lactones) is 2. The molecule has 1 aliphatic heterocycles. The molecule has 0 N–H and O–H groups in total. The number of carbonyl (C=O) groups is 2. The van der Waals surface area contributed by atoms with E-state index in [1.54, 1.807) is 36.4 Å². The summed E-state index contributed by atoms with van der Waals surface area (Å²) in [6.45, 7) is 0. The average molecular weight is 343 g/mol. The van der Waals surface area contributed by atoms with Gasteiger partial charge in [0.15, 0.2) is 0 Å². The van der Waals surface area contributed by atoms with Crippen LogP contribution in [0.3, 0.4) is 0 Å². The van der Waals surface area contributed by atoms with Crippen LogP contribution in [0.4, 0.5) is 0 Å². The zero-order chi connectivity index (χ0) is 16.1. The Labute approximate surface area is 141 Å². The van der Waals surface area contributed by atoms with Crippen molar-refractivity contribution in [3.8, 4) is 11.1 Å². The second-order valence-corrected chi connectivity index (χ2v) is 5.98. The van der Waals surface area contributed by atoms with Gasteiger partial charge in [-0.15, -0.1) is 0 Å². The van der Waals surface area contributed by atoms with E-state index >= 15 is 0 Å². The Bertz CT molecular complexity index is 1010. The van der Waals surface area contributed by atoms with E-state index in [4.69, 9.17) is 27.9 Å². The summed E-state index contributed by atoms with van der Waals surface area (Å²) in [6.07, 6.45) is 0. The first-order valence-corrected chi connectivity index (χ1v) is 7.60. The number of esters is 2. The van der Waals surface area contributed by atoms with Crippen molar-refractivity contribution in [2.45, 2.75) is 0 Å². The van der Waals surface area contributed by atoms with E-state index in [2.05, 4.69) is 0 Å². The molecule has 3 aromatic carbocycles. The maximum atomic E-state index is 12.2. The van der Waals surface area contributed by atoms with Crippen LogP contribution in [0, 0.1) is 0 Å².